The summed E-state index contributed by atoms with van der Waals surface area (Å²) in [6, 6.07) is 26.4. The molecule has 4 fully saturated rings. The molecule has 4 saturated heterocycles. The van der Waals surface area contributed by atoms with Crippen molar-refractivity contribution in [2.45, 2.75) is 104 Å². The third-order valence-electron chi connectivity index (χ3n) is 16.4. The Balaban J connectivity index is 0.795. The minimum atomic E-state index is -6.17. The van der Waals surface area contributed by atoms with Crippen molar-refractivity contribution in [1.29, 1.82) is 0 Å². The minimum absolute atomic E-state index is 0.0331. The molecule has 10 rings (SSSR count). The van der Waals surface area contributed by atoms with E-state index in [1.54, 1.807) is 12.1 Å². The first-order chi connectivity index (χ1) is 39.5. The van der Waals surface area contributed by atoms with E-state index in [1.165, 1.54) is 51.6 Å². The molecule has 4 aromatic carbocycles. The monoisotopic (exact) mass is 1220 g/mol. The number of piperazine rings is 2. The van der Waals surface area contributed by atoms with E-state index in [9.17, 15) is 44.4 Å². The van der Waals surface area contributed by atoms with Gasteiger partial charge in [-0.15, -0.1) is 11.8 Å². The number of pyridine rings is 1. The summed E-state index contributed by atoms with van der Waals surface area (Å²) in [4.78, 5) is 51.0. The molecule has 1 aromatic heterocycles. The average Bonchev–Trinajstić information content (AvgIpc) is 3.22. The zero-order valence-electron chi connectivity index (χ0n) is 46.0. The van der Waals surface area contributed by atoms with Crippen LogP contribution in [0.1, 0.15) is 80.3 Å². The van der Waals surface area contributed by atoms with Crippen molar-refractivity contribution in [2.24, 2.45) is 5.41 Å². The lowest BCUT2D eigenvalue weighted by Gasteiger charge is -2.41. The van der Waals surface area contributed by atoms with Gasteiger partial charge < -0.3 is 10.2 Å². The number of imide groups is 1. The number of nitrogens with one attached hydrogen (secondary N) is 3. The summed E-state index contributed by atoms with van der Waals surface area (Å²) >= 11 is 7.62. The Kier molecular flexibility index (Phi) is 18.0. The molecular formula is C59H66ClF4N9O7S3. The number of thioether (sulfide) groups is 1. The fraction of sp³-hybridized carbons (Fsp3) is 0.424. The molecule has 4 aliphatic heterocycles. The highest BCUT2D eigenvalue weighted by molar-refractivity contribution is 7.99. The molecule has 0 radical (unpaired) electrons. The predicted molar refractivity (Wildman–Crippen MR) is 313 cm³/mol. The lowest BCUT2D eigenvalue weighted by Crippen LogP contribution is -2.54. The van der Waals surface area contributed by atoms with Gasteiger partial charge in [-0.05, 0) is 128 Å². The third kappa shape index (κ3) is 14.2. The van der Waals surface area contributed by atoms with Gasteiger partial charge in [-0.1, -0.05) is 61.4 Å². The maximum atomic E-state index is 15.2. The molecule has 4 amide bonds. The van der Waals surface area contributed by atoms with E-state index in [-0.39, 0.29) is 54.1 Å². The molecule has 16 nitrogen and oxygen atoms in total. The molecule has 5 aromatic rings. The van der Waals surface area contributed by atoms with Crippen LogP contribution in [0.5, 0.6) is 0 Å². The van der Waals surface area contributed by atoms with Crippen LogP contribution in [0, 0.1) is 11.2 Å². The summed E-state index contributed by atoms with van der Waals surface area (Å²) in [5.74, 6) is -1.49. The van der Waals surface area contributed by atoms with Crippen molar-refractivity contribution in [3.8, 4) is 0 Å². The van der Waals surface area contributed by atoms with Gasteiger partial charge >= 0.3 is 11.5 Å². The highest BCUT2D eigenvalue weighted by Gasteiger charge is 2.49. The van der Waals surface area contributed by atoms with E-state index in [0.29, 0.717) is 55.8 Å². The fourth-order valence-corrected chi connectivity index (χ4v) is 15.1. The number of aromatic nitrogens is 1. The van der Waals surface area contributed by atoms with Gasteiger partial charge in [-0.3, -0.25) is 34.5 Å². The second kappa shape index (κ2) is 24.9. The molecule has 2 unspecified atom stereocenters. The summed E-state index contributed by atoms with van der Waals surface area (Å²) in [6.07, 6.45) is 6.26. The molecule has 83 heavy (non-hydrogen) atoms. The van der Waals surface area contributed by atoms with Crippen molar-refractivity contribution >= 4 is 83.8 Å². The van der Waals surface area contributed by atoms with E-state index < -0.39 is 70.6 Å². The van der Waals surface area contributed by atoms with E-state index in [0.717, 1.165) is 80.7 Å². The van der Waals surface area contributed by atoms with E-state index in [2.05, 4.69) is 61.2 Å². The van der Waals surface area contributed by atoms with Crippen LogP contribution in [0.3, 0.4) is 0 Å². The molecule has 5 heterocycles. The Morgan fingerprint density at radius 1 is 0.855 bits per heavy atom. The Bertz CT molecular complexity index is 3470. The zero-order chi connectivity index (χ0) is 58.8. The quantitative estimate of drug-likeness (QED) is 0.0524. The van der Waals surface area contributed by atoms with Gasteiger partial charge in [0.15, 0.2) is 0 Å². The fourth-order valence-electron chi connectivity index (χ4n) is 12.0. The number of hydrogen-bond donors (Lipinski definition) is 3. The molecule has 24 heteroatoms. The Morgan fingerprint density at radius 2 is 1.55 bits per heavy atom. The largest absolute Gasteiger partial charge is 0.501 e. The highest BCUT2D eigenvalue weighted by atomic mass is 35.5. The van der Waals surface area contributed by atoms with Crippen LogP contribution in [0.2, 0.25) is 5.02 Å². The smallest absolute Gasteiger partial charge is 0.380 e. The van der Waals surface area contributed by atoms with E-state index in [1.807, 2.05) is 47.2 Å². The minimum Gasteiger partial charge on any atom is -0.380 e. The van der Waals surface area contributed by atoms with Gasteiger partial charge in [0.2, 0.25) is 5.91 Å². The number of sulfonamides is 1. The number of nitrogens with zero attached hydrogens (tertiary/aromatic N) is 6. The molecule has 1 aliphatic carbocycles. The van der Waals surface area contributed by atoms with Crippen LogP contribution >= 0.6 is 23.4 Å². The number of allylic oxidation sites excluding steroid dienone is 1. The number of sulfone groups is 1. The number of benzene rings is 4. The molecule has 2 bridgehead atoms. The maximum absolute atomic E-state index is 15.2. The Morgan fingerprint density at radius 3 is 2.23 bits per heavy atom. The molecule has 0 spiro atoms. The van der Waals surface area contributed by atoms with E-state index >= 15 is 4.39 Å². The van der Waals surface area contributed by atoms with Gasteiger partial charge in [0, 0.05) is 122 Å². The Labute approximate surface area is 491 Å². The maximum Gasteiger partial charge on any atom is 0.501 e. The van der Waals surface area contributed by atoms with Crippen molar-refractivity contribution < 1.29 is 48.8 Å². The average molecular weight is 1220 g/mol. The summed E-state index contributed by atoms with van der Waals surface area (Å²) in [5, 5.41) is 6.01. The molecule has 3 atom stereocenters. The summed E-state index contributed by atoms with van der Waals surface area (Å²) in [5.41, 5.74) is -0.936. The number of carbonyl (C=O) groups excluding carboxylic acids is 3. The van der Waals surface area contributed by atoms with Crippen molar-refractivity contribution in [2.75, 3.05) is 79.8 Å². The number of hydrogen-bond acceptors (Lipinski definition) is 14. The van der Waals surface area contributed by atoms with Crippen molar-refractivity contribution in [3.63, 3.8) is 0 Å². The van der Waals surface area contributed by atoms with Gasteiger partial charge in [0.05, 0.1) is 16.8 Å². The van der Waals surface area contributed by atoms with Gasteiger partial charge in [-0.25, -0.2) is 35.7 Å². The predicted octanol–water partition coefficient (Wildman–Crippen LogP) is 9.83. The number of carbonyl (C=O) groups is 3. The number of halogens is 5. The second-order valence-corrected chi connectivity index (χ2v) is 27.9. The van der Waals surface area contributed by atoms with Crippen LogP contribution in [-0.4, -0.2) is 143 Å². The summed E-state index contributed by atoms with van der Waals surface area (Å²) in [7, 11) is -11.1. The summed E-state index contributed by atoms with van der Waals surface area (Å²) in [6.45, 7) is 10.4. The van der Waals surface area contributed by atoms with Gasteiger partial charge in [-0.2, -0.15) is 13.2 Å². The topological polar surface area (TPSA) is 185 Å². The van der Waals surface area contributed by atoms with Crippen molar-refractivity contribution in [1.82, 2.24) is 29.7 Å². The van der Waals surface area contributed by atoms with Crippen molar-refractivity contribution in [3.05, 3.63) is 142 Å². The van der Waals surface area contributed by atoms with Crippen LogP contribution < -0.4 is 25.2 Å². The first-order valence-electron chi connectivity index (χ1n) is 27.7. The highest BCUT2D eigenvalue weighted by Crippen LogP contribution is 2.43. The normalized spacial score (nSPS) is 20.6. The number of alkyl halides is 3. The van der Waals surface area contributed by atoms with Crippen LogP contribution in [0.4, 0.5) is 39.5 Å². The molecular weight excluding hydrogens is 1150 g/mol. The summed E-state index contributed by atoms with van der Waals surface area (Å²) < 4.78 is 115. The number of likely N-dealkylation sites (tertiary alicyclic amines) is 1. The van der Waals surface area contributed by atoms with Crippen LogP contribution in [-0.2, 0) is 31.2 Å². The molecule has 0 saturated carbocycles. The molecule has 3 N–H and O–H groups in total. The zero-order valence-corrected chi connectivity index (χ0v) is 49.2. The van der Waals surface area contributed by atoms with Gasteiger partial charge in [0.25, 0.3) is 25.8 Å². The number of fused-ring (bicyclic) bond motifs is 2. The standard InChI is InChI=1S/C59H66ClF4N9O7S3/c1-58(2)23-20-50(39-8-12-43(60)13-9-39)42(32-58)35-69-26-28-71(29-27-69)45-14-10-40(11-15-45)56(75)68-83(79,80)49-18-19-52(53(31-49)82(77,78)59(62,63)64)66-44(38-81-48-6-4-3-5-7-48)21-24-72-46-16-17-47(72)37-70(36-46)34-41-30-54(65-33-51(41)61)73-25-22-55(74)67-57(73)76/h3-15,18-19,30-31,33,44,46-47,66H,16-17,20-29,32,34-38H2,1-2H3,(H,68,75)(H,67,74,76)/t44-,46?,47?/m1/s1. The van der Waals surface area contributed by atoms with Crippen LogP contribution in [0.15, 0.2) is 130 Å². The number of amides is 4. The lowest BCUT2D eigenvalue weighted by atomic mass is 9.73. The van der Waals surface area contributed by atoms with Crippen LogP contribution in [0.25, 0.3) is 5.57 Å². The Hall–Kier alpha value is -6.08. The first-order valence-corrected chi connectivity index (χ1v) is 32.1. The number of anilines is 3. The number of rotatable bonds is 19. The lowest BCUT2D eigenvalue weighted by molar-refractivity contribution is -0.120. The third-order valence-corrected chi connectivity index (χ3v) is 20.7. The van der Waals surface area contributed by atoms with E-state index in [4.69, 9.17) is 11.6 Å². The first kappa shape index (κ1) is 60.1. The molecule has 442 valence electrons. The SMILES string of the molecule is CC1(C)CCC(c2ccc(Cl)cc2)=C(CN2CCN(c3ccc(C(=O)NS(=O)(=O)c4ccc(N[C@H](CCN5C6CCC5CN(Cc5cc(N7CCC(=O)NC7=O)ncc5F)C6)CSc5ccccc5)c(S(=O)(=O)C(F)(F)F)c4)cc3)CC2)C1. The number of urea groups is 1. The molecule has 5 aliphatic rings. The van der Waals surface area contributed by atoms with Gasteiger partial charge in [0.1, 0.15) is 16.5 Å². The second-order valence-electron chi connectivity index (χ2n) is 22.7.